The van der Waals surface area contributed by atoms with E-state index >= 15 is 0 Å². The van der Waals surface area contributed by atoms with E-state index in [1.807, 2.05) is 6.07 Å². The van der Waals surface area contributed by atoms with E-state index in [-0.39, 0.29) is 39.2 Å². The largest absolute Gasteiger partial charge is 0.495 e. The summed E-state index contributed by atoms with van der Waals surface area (Å²) in [7, 11) is -2.46. The number of nitrogens with zero attached hydrogens (tertiary/aromatic N) is 3. The minimum absolute atomic E-state index is 0.00651. The number of methoxy groups -OCH3 is 1. The van der Waals surface area contributed by atoms with Crippen molar-refractivity contribution in [2.24, 2.45) is 5.73 Å². The van der Waals surface area contributed by atoms with E-state index in [0.717, 1.165) is 21.6 Å². The van der Waals surface area contributed by atoms with Crippen molar-refractivity contribution in [3.05, 3.63) is 115 Å². The van der Waals surface area contributed by atoms with E-state index in [0.29, 0.717) is 5.56 Å². The molecule has 3 aromatic carbocycles. The summed E-state index contributed by atoms with van der Waals surface area (Å²) in [5.74, 6) is -0.617. The number of halogens is 2. The fraction of sp³-hybridized carbons (Fsp3) is 0.192. The van der Waals surface area contributed by atoms with Crippen molar-refractivity contribution in [3.8, 4) is 11.4 Å². The van der Waals surface area contributed by atoms with Crippen molar-refractivity contribution in [2.45, 2.75) is 23.9 Å². The van der Waals surface area contributed by atoms with Gasteiger partial charge in [-0.05, 0) is 29.8 Å². The molecular formula is C26H24ClFN4O5S. The number of rotatable bonds is 8. The van der Waals surface area contributed by atoms with Gasteiger partial charge < -0.3 is 10.5 Å². The van der Waals surface area contributed by atoms with E-state index in [4.69, 9.17) is 22.1 Å². The Kier molecular flexibility index (Phi) is 7.81. The number of ether oxygens (including phenoxy) is 1. The molecule has 1 atom stereocenters. The zero-order chi connectivity index (χ0) is 27.6. The van der Waals surface area contributed by atoms with Crippen molar-refractivity contribution in [1.82, 2.24) is 14.3 Å². The summed E-state index contributed by atoms with van der Waals surface area (Å²) in [5.41, 5.74) is 4.81. The Labute approximate surface area is 222 Å². The highest BCUT2D eigenvalue weighted by molar-refractivity contribution is 7.90. The lowest BCUT2D eigenvalue weighted by Gasteiger charge is -2.17. The molecule has 0 amide bonds. The number of benzene rings is 3. The highest BCUT2D eigenvalue weighted by Gasteiger charge is 2.24. The van der Waals surface area contributed by atoms with Gasteiger partial charge in [0.05, 0.1) is 24.2 Å². The first-order valence-electron chi connectivity index (χ1n) is 11.4. The lowest BCUT2D eigenvalue weighted by atomic mass is 10.1. The van der Waals surface area contributed by atoms with Crippen LogP contribution in [0, 0.1) is 5.82 Å². The van der Waals surface area contributed by atoms with E-state index in [2.05, 4.69) is 5.10 Å². The van der Waals surface area contributed by atoms with Crippen molar-refractivity contribution in [3.63, 3.8) is 0 Å². The van der Waals surface area contributed by atoms with Crippen molar-refractivity contribution in [1.29, 1.82) is 0 Å². The predicted octanol–water partition coefficient (Wildman–Crippen LogP) is 2.89. The van der Waals surface area contributed by atoms with Crippen LogP contribution >= 0.6 is 11.6 Å². The van der Waals surface area contributed by atoms with Crippen LogP contribution in [0.2, 0.25) is 5.02 Å². The molecule has 0 bridgehead atoms. The summed E-state index contributed by atoms with van der Waals surface area (Å²) in [5, 5.41) is 4.20. The summed E-state index contributed by atoms with van der Waals surface area (Å²) in [6.45, 7) is -0.131. The Morgan fingerprint density at radius 1 is 1.05 bits per heavy atom. The summed E-state index contributed by atoms with van der Waals surface area (Å²) >= 11 is 6.45. The Morgan fingerprint density at radius 3 is 2.39 bits per heavy atom. The molecule has 1 aromatic heterocycles. The average Bonchev–Trinajstić information content (AvgIpc) is 2.88. The van der Waals surface area contributed by atoms with Crippen LogP contribution in [0.15, 0.2) is 81.2 Å². The molecule has 0 saturated carbocycles. The summed E-state index contributed by atoms with van der Waals surface area (Å²) in [6.07, 6.45) is 0.434. The molecule has 0 saturated heterocycles. The second-order valence-corrected chi connectivity index (χ2v) is 10.9. The Hall–Kier alpha value is -3.80. The second kappa shape index (κ2) is 10.9. The first-order valence-corrected chi connectivity index (χ1v) is 13.6. The minimum Gasteiger partial charge on any atom is -0.495 e. The molecule has 1 heterocycles. The van der Waals surface area contributed by atoms with Crippen LogP contribution in [0.3, 0.4) is 0 Å². The monoisotopic (exact) mass is 558 g/mol. The first-order chi connectivity index (χ1) is 18.0. The van der Waals surface area contributed by atoms with Gasteiger partial charge in [0, 0.05) is 24.3 Å². The maximum atomic E-state index is 14.9. The highest BCUT2D eigenvalue weighted by atomic mass is 35.5. The SMILES string of the molecule is COc1cccc(-n2c(=O)c(Cc3c(F)cccc3S(C)(=O)=O)nn(CC(N)c3ccccc3)c2=O)c1Cl. The normalized spacial score (nSPS) is 12.3. The van der Waals surface area contributed by atoms with E-state index < -0.39 is 39.4 Å². The molecule has 0 aliphatic carbocycles. The van der Waals surface area contributed by atoms with Crippen molar-refractivity contribution >= 4 is 21.4 Å². The minimum atomic E-state index is -3.84. The van der Waals surface area contributed by atoms with Crippen molar-refractivity contribution < 1.29 is 17.5 Å². The lowest BCUT2D eigenvalue weighted by molar-refractivity contribution is 0.414. The van der Waals surface area contributed by atoms with E-state index in [1.165, 1.54) is 25.3 Å². The Bertz CT molecular complexity index is 1720. The Balaban J connectivity index is 1.96. The highest BCUT2D eigenvalue weighted by Crippen LogP contribution is 2.29. The topological polar surface area (TPSA) is 126 Å². The third kappa shape index (κ3) is 5.40. The standard InChI is InChI=1S/C26H24ClFN4O5S/c1-37-22-12-7-11-21(24(22)27)32-25(33)20(14-17-18(28)10-6-13-23(17)38(2,35)36)30-31(26(32)34)15-19(29)16-8-4-3-5-9-16/h3-13,19H,14-15,29H2,1-2H3. The van der Waals surface area contributed by atoms with Crippen LogP contribution in [0.25, 0.3) is 5.69 Å². The molecule has 9 nitrogen and oxygen atoms in total. The van der Waals surface area contributed by atoms with Gasteiger partial charge in [0.15, 0.2) is 9.84 Å². The Morgan fingerprint density at radius 2 is 1.74 bits per heavy atom. The molecule has 38 heavy (non-hydrogen) atoms. The molecule has 4 rings (SSSR count). The van der Waals surface area contributed by atoms with Crippen LogP contribution in [-0.4, -0.2) is 36.1 Å². The van der Waals surface area contributed by atoms with Crippen LogP contribution in [0.5, 0.6) is 5.75 Å². The average molecular weight is 559 g/mol. The van der Waals surface area contributed by atoms with E-state index in [1.54, 1.807) is 36.4 Å². The predicted molar refractivity (Wildman–Crippen MR) is 141 cm³/mol. The molecule has 0 fully saturated rings. The maximum absolute atomic E-state index is 14.9. The van der Waals surface area contributed by atoms with Gasteiger partial charge in [-0.2, -0.15) is 5.10 Å². The molecule has 4 aromatic rings. The van der Waals surface area contributed by atoms with Gasteiger partial charge >= 0.3 is 5.69 Å². The van der Waals surface area contributed by atoms with Crippen LogP contribution < -0.4 is 21.7 Å². The maximum Gasteiger partial charge on any atom is 0.352 e. The second-order valence-electron chi connectivity index (χ2n) is 8.53. The summed E-state index contributed by atoms with van der Waals surface area (Å²) < 4.78 is 46.6. The molecule has 0 spiro atoms. The van der Waals surface area contributed by atoms with Gasteiger partial charge in [0.2, 0.25) is 0 Å². The van der Waals surface area contributed by atoms with Gasteiger partial charge in [0.25, 0.3) is 5.56 Å². The molecule has 12 heteroatoms. The van der Waals surface area contributed by atoms with E-state index in [9.17, 15) is 22.4 Å². The fourth-order valence-electron chi connectivity index (χ4n) is 4.05. The molecule has 0 aliphatic rings. The quantitative estimate of drug-likeness (QED) is 0.352. The number of aromatic nitrogens is 3. The smallest absolute Gasteiger partial charge is 0.352 e. The van der Waals surface area contributed by atoms with Crippen LogP contribution in [-0.2, 0) is 22.8 Å². The number of sulfone groups is 1. The zero-order valence-corrected chi connectivity index (χ0v) is 22.0. The first kappa shape index (κ1) is 27.2. The molecule has 198 valence electrons. The molecule has 1 unspecified atom stereocenters. The van der Waals surface area contributed by atoms with Crippen LogP contribution in [0.1, 0.15) is 22.9 Å². The van der Waals surface area contributed by atoms with Gasteiger partial charge in [-0.25, -0.2) is 26.9 Å². The van der Waals surface area contributed by atoms with Gasteiger partial charge in [-0.3, -0.25) is 4.79 Å². The lowest BCUT2D eigenvalue weighted by Crippen LogP contribution is -2.44. The number of hydrogen-bond acceptors (Lipinski definition) is 7. The van der Waals surface area contributed by atoms with Crippen molar-refractivity contribution in [2.75, 3.05) is 13.4 Å². The summed E-state index contributed by atoms with van der Waals surface area (Å²) in [4.78, 5) is 26.9. The van der Waals surface area contributed by atoms with Gasteiger partial charge in [-0.1, -0.05) is 54.1 Å². The molecule has 0 aliphatic heterocycles. The third-order valence-corrected chi connectivity index (χ3v) is 7.49. The van der Waals surface area contributed by atoms with Gasteiger partial charge in [-0.15, -0.1) is 0 Å². The van der Waals surface area contributed by atoms with Gasteiger partial charge in [0.1, 0.15) is 22.3 Å². The van der Waals surface area contributed by atoms with Crippen LogP contribution in [0.4, 0.5) is 4.39 Å². The fourth-order valence-corrected chi connectivity index (χ4v) is 5.28. The summed E-state index contributed by atoms with van der Waals surface area (Å²) in [6, 6.07) is 16.4. The third-order valence-electron chi connectivity index (χ3n) is 5.92. The zero-order valence-electron chi connectivity index (χ0n) is 20.5. The molecule has 0 radical (unpaired) electrons. The molecular weight excluding hydrogens is 535 g/mol. The number of hydrogen-bond donors (Lipinski definition) is 1. The number of nitrogens with two attached hydrogens (primary N) is 1. The molecule has 2 N–H and O–H groups in total.